The van der Waals surface area contributed by atoms with Crippen LogP contribution < -0.4 is 10.6 Å². The van der Waals surface area contributed by atoms with Crippen molar-refractivity contribution < 1.29 is 0 Å². The van der Waals surface area contributed by atoms with Gasteiger partial charge in [0.1, 0.15) is 5.82 Å². The number of anilines is 1. The molecule has 2 aliphatic rings. The van der Waals surface area contributed by atoms with E-state index in [1.165, 1.54) is 32.1 Å². The molecule has 0 bridgehead atoms. The number of pyridine rings is 1. The first kappa shape index (κ1) is 12.2. The third-order valence-corrected chi connectivity index (χ3v) is 4.73. The maximum Gasteiger partial charge on any atom is 0.129 e. The van der Waals surface area contributed by atoms with E-state index in [0.29, 0.717) is 17.6 Å². The first-order valence-electron chi connectivity index (χ1n) is 6.91. The van der Waals surface area contributed by atoms with E-state index in [9.17, 15) is 0 Å². The van der Waals surface area contributed by atoms with Crippen molar-refractivity contribution in [1.82, 2.24) is 4.98 Å². The van der Waals surface area contributed by atoms with Gasteiger partial charge in [-0.05, 0) is 43.7 Å². The predicted molar refractivity (Wildman–Crippen MR) is 74.8 cm³/mol. The van der Waals surface area contributed by atoms with Crippen molar-refractivity contribution in [2.75, 3.05) is 11.4 Å². The zero-order valence-electron chi connectivity index (χ0n) is 10.6. The molecule has 2 unspecified atom stereocenters. The Morgan fingerprint density at radius 3 is 2.94 bits per heavy atom. The average molecular weight is 266 g/mol. The molecule has 0 amide bonds. The lowest BCUT2D eigenvalue weighted by Crippen LogP contribution is -2.43. The van der Waals surface area contributed by atoms with Gasteiger partial charge in [0.05, 0.1) is 10.7 Å². The van der Waals surface area contributed by atoms with Gasteiger partial charge in [-0.15, -0.1) is 0 Å². The van der Waals surface area contributed by atoms with E-state index in [-0.39, 0.29) is 0 Å². The fourth-order valence-electron chi connectivity index (χ4n) is 3.51. The summed E-state index contributed by atoms with van der Waals surface area (Å²) < 4.78 is 0. The highest BCUT2D eigenvalue weighted by molar-refractivity contribution is 6.31. The fourth-order valence-corrected chi connectivity index (χ4v) is 3.70. The fraction of sp³-hybridized carbons (Fsp3) is 0.643. The minimum atomic E-state index is 0.411. The van der Waals surface area contributed by atoms with E-state index in [1.807, 2.05) is 12.1 Å². The Morgan fingerprint density at radius 1 is 1.28 bits per heavy atom. The van der Waals surface area contributed by atoms with Gasteiger partial charge >= 0.3 is 0 Å². The quantitative estimate of drug-likeness (QED) is 0.894. The van der Waals surface area contributed by atoms with Crippen molar-refractivity contribution in [3.8, 4) is 0 Å². The smallest absolute Gasteiger partial charge is 0.129 e. The van der Waals surface area contributed by atoms with Gasteiger partial charge in [0.15, 0.2) is 0 Å². The van der Waals surface area contributed by atoms with E-state index < -0.39 is 0 Å². The van der Waals surface area contributed by atoms with Crippen LogP contribution in [0.5, 0.6) is 0 Å². The van der Waals surface area contributed by atoms with Crippen molar-refractivity contribution in [1.29, 1.82) is 0 Å². The summed E-state index contributed by atoms with van der Waals surface area (Å²) in [7, 11) is 0. The molecule has 2 heterocycles. The van der Waals surface area contributed by atoms with Crippen LogP contribution in [0.4, 0.5) is 5.82 Å². The van der Waals surface area contributed by atoms with E-state index in [4.69, 9.17) is 17.3 Å². The number of fused-ring (bicyclic) bond motifs is 1. The van der Waals surface area contributed by atoms with Gasteiger partial charge in [-0.25, -0.2) is 4.98 Å². The molecular weight excluding hydrogens is 246 g/mol. The van der Waals surface area contributed by atoms with Crippen molar-refractivity contribution in [3.05, 3.63) is 22.8 Å². The van der Waals surface area contributed by atoms with Crippen LogP contribution in [0, 0.1) is 5.92 Å². The van der Waals surface area contributed by atoms with Crippen LogP contribution in [0.3, 0.4) is 0 Å². The van der Waals surface area contributed by atoms with Crippen LogP contribution in [-0.4, -0.2) is 17.6 Å². The van der Waals surface area contributed by atoms with Gasteiger partial charge in [0.2, 0.25) is 0 Å². The summed E-state index contributed by atoms with van der Waals surface area (Å²) in [5.74, 6) is 1.94. The monoisotopic (exact) mass is 265 g/mol. The van der Waals surface area contributed by atoms with E-state index in [2.05, 4.69) is 9.88 Å². The molecule has 0 spiro atoms. The molecule has 2 N–H and O–H groups in total. The van der Waals surface area contributed by atoms with E-state index in [1.54, 1.807) is 0 Å². The lowest BCUT2D eigenvalue weighted by atomic mass is 9.92. The second kappa shape index (κ2) is 5.06. The lowest BCUT2D eigenvalue weighted by molar-refractivity contribution is 0.360. The second-order valence-corrected chi connectivity index (χ2v) is 5.80. The molecule has 1 aromatic rings. The van der Waals surface area contributed by atoms with Crippen LogP contribution in [-0.2, 0) is 6.54 Å². The van der Waals surface area contributed by atoms with E-state index in [0.717, 1.165) is 24.0 Å². The van der Waals surface area contributed by atoms with Gasteiger partial charge < -0.3 is 10.6 Å². The van der Waals surface area contributed by atoms with Crippen LogP contribution in [0.15, 0.2) is 12.1 Å². The third kappa shape index (κ3) is 2.10. The maximum atomic E-state index is 6.09. The van der Waals surface area contributed by atoms with Gasteiger partial charge in [0, 0.05) is 19.1 Å². The number of aromatic nitrogens is 1. The molecule has 0 aromatic carbocycles. The number of rotatable bonds is 2. The Labute approximate surface area is 113 Å². The summed E-state index contributed by atoms with van der Waals surface area (Å²) in [5.41, 5.74) is 6.50. The van der Waals surface area contributed by atoms with Gasteiger partial charge in [-0.1, -0.05) is 18.0 Å². The highest BCUT2D eigenvalue weighted by Crippen LogP contribution is 2.38. The SMILES string of the molecule is NCc1nc(N2CCCC3CCCC32)ccc1Cl. The van der Waals surface area contributed by atoms with Crippen molar-refractivity contribution in [2.24, 2.45) is 11.7 Å². The number of halogens is 1. The Hall–Kier alpha value is -0.800. The molecule has 18 heavy (non-hydrogen) atoms. The molecule has 0 radical (unpaired) electrons. The predicted octanol–water partition coefficient (Wildman–Crippen LogP) is 2.96. The van der Waals surface area contributed by atoms with Gasteiger partial charge in [0.25, 0.3) is 0 Å². The molecule has 4 heteroatoms. The first-order valence-corrected chi connectivity index (χ1v) is 7.29. The van der Waals surface area contributed by atoms with Gasteiger partial charge in [-0.2, -0.15) is 0 Å². The first-order chi connectivity index (χ1) is 8.79. The summed E-state index contributed by atoms with van der Waals surface area (Å²) >= 11 is 6.09. The largest absolute Gasteiger partial charge is 0.353 e. The molecule has 3 nitrogen and oxygen atoms in total. The Balaban J connectivity index is 1.89. The van der Waals surface area contributed by atoms with Crippen LogP contribution in [0.1, 0.15) is 37.8 Å². The topological polar surface area (TPSA) is 42.1 Å². The summed E-state index contributed by atoms with van der Waals surface area (Å²) in [4.78, 5) is 7.13. The third-order valence-electron chi connectivity index (χ3n) is 4.38. The maximum absolute atomic E-state index is 6.09. The molecule has 2 fully saturated rings. The highest BCUT2D eigenvalue weighted by Gasteiger charge is 2.35. The number of nitrogens with two attached hydrogens (primary N) is 1. The average Bonchev–Trinajstić information content (AvgIpc) is 2.87. The number of hydrogen-bond acceptors (Lipinski definition) is 3. The van der Waals surface area contributed by atoms with Crippen LogP contribution >= 0.6 is 11.6 Å². The number of piperidine rings is 1. The molecule has 3 rings (SSSR count). The summed E-state index contributed by atoms with van der Waals surface area (Å²) in [5, 5.41) is 0.682. The minimum absolute atomic E-state index is 0.411. The zero-order valence-corrected chi connectivity index (χ0v) is 11.4. The van der Waals surface area contributed by atoms with Crippen LogP contribution in [0.2, 0.25) is 5.02 Å². The molecule has 2 atom stereocenters. The Bertz CT molecular complexity index is 435. The van der Waals surface area contributed by atoms with Crippen molar-refractivity contribution >= 4 is 17.4 Å². The molecule has 1 saturated heterocycles. The second-order valence-electron chi connectivity index (χ2n) is 5.40. The minimum Gasteiger partial charge on any atom is -0.353 e. The highest BCUT2D eigenvalue weighted by atomic mass is 35.5. The normalized spacial score (nSPS) is 27.3. The van der Waals surface area contributed by atoms with E-state index >= 15 is 0 Å². The van der Waals surface area contributed by atoms with Gasteiger partial charge in [-0.3, -0.25) is 0 Å². The molecule has 1 aliphatic carbocycles. The zero-order chi connectivity index (χ0) is 12.5. The summed E-state index contributed by atoms with van der Waals surface area (Å²) in [6.45, 7) is 1.54. The number of hydrogen-bond donors (Lipinski definition) is 1. The standard InChI is InChI=1S/C14H20ClN3/c15-11-6-7-14(17-12(11)9-16)18-8-2-4-10-3-1-5-13(10)18/h6-7,10,13H,1-5,8-9,16H2. The lowest BCUT2D eigenvalue weighted by Gasteiger charge is -2.38. The Kier molecular flexibility index (Phi) is 3.44. The Morgan fingerprint density at radius 2 is 2.11 bits per heavy atom. The number of nitrogens with zero attached hydrogens (tertiary/aromatic N) is 2. The van der Waals surface area contributed by atoms with Crippen LogP contribution in [0.25, 0.3) is 0 Å². The summed E-state index contributed by atoms with van der Waals surface area (Å²) in [6.07, 6.45) is 6.73. The summed E-state index contributed by atoms with van der Waals surface area (Å²) in [6, 6.07) is 4.67. The van der Waals surface area contributed by atoms with Crippen molar-refractivity contribution in [2.45, 2.75) is 44.7 Å². The molecule has 1 aliphatic heterocycles. The molecule has 1 aromatic heterocycles. The molecule has 1 saturated carbocycles. The molecular formula is C14H20ClN3. The molecule has 98 valence electrons. The van der Waals surface area contributed by atoms with Crippen molar-refractivity contribution in [3.63, 3.8) is 0 Å².